The van der Waals surface area contributed by atoms with Gasteiger partial charge in [-0.3, -0.25) is 9.59 Å². The van der Waals surface area contributed by atoms with E-state index in [1.165, 1.54) is 0 Å². The van der Waals surface area contributed by atoms with Gasteiger partial charge in [0.1, 0.15) is 0 Å². The molecule has 0 bridgehead atoms. The highest BCUT2D eigenvalue weighted by Gasteiger charge is 2.29. The number of carbonyl (C=O) groups is 2. The van der Waals surface area contributed by atoms with E-state index in [0.29, 0.717) is 18.5 Å². The van der Waals surface area contributed by atoms with Gasteiger partial charge in [0.05, 0.1) is 4.90 Å². The number of amides is 2. The summed E-state index contributed by atoms with van der Waals surface area (Å²) in [5.41, 5.74) is 1.40. The fourth-order valence-corrected chi connectivity index (χ4v) is 3.55. The standard InChI is InChI=1S/C16H22N2O4S/c1-11-5-6-12(2)14(10-11)23(21,22)18-15(19)4-3-9-17-16(20)13-7-8-13/h5-6,10,13H,3-4,7-9H2,1-2H3,(H,17,20)(H,18,19). The molecule has 0 unspecified atom stereocenters. The fraction of sp³-hybridized carbons (Fsp3) is 0.500. The molecule has 1 aromatic rings. The van der Waals surface area contributed by atoms with E-state index in [9.17, 15) is 18.0 Å². The van der Waals surface area contributed by atoms with Crippen molar-refractivity contribution in [3.63, 3.8) is 0 Å². The zero-order valence-electron chi connectivity index (χ0n) is 13.4. The van der Waals surface area contributed by atoms with Crippen LogP contribution in [0.3, 0.4) is 0 Å². The lowest BCUT2D eigenvalue weighted by atomic mass is 10.2. The van der Waals surface area contributed by atoms with Crippen LogP contribution in [0.5, 0.6) is 0 Å². The van der Waals surface area contributed by atoms with E-state index in [-0.39, 0.29) is 23.1 Å². The van der Waals surface area contributed by atoms with Crippen LogP contribution in [0.4, 0.5) is 0 Å². The zero-order valence-corrected chi connectivity index (χ0v) is 14.2. The van der Waals surface area contributed by atoms with E-state index in [0.717, 1.165) is 18.4 Å². The Morgan fingerprint density at radius 3 is 2.57 bits per heavy atom. The maximum Gasteiger partial charge on any atom is 0.264 e. The average Bonchev–Trinajstić information content (AvgIpc) is 3.30. The molecule has 0 heterocycles. The molecule has 2 rings (SSSR count). The van der Waals surface area contributed by atoms with Gasteiger partial charge in [0.25, 0.3) is 10.0 Å². The van der Waals surface area contributed by atoms with Gasteiger partial charge in [0.2, 0.25) is 11.8 Å². The Hall–Kier alpha value is -1.89. The van der Waals surface area contributed by atoms with Crippen molar-refractivity contribution < 1.29 is 18.0 Å². The number of benzene rings is 1. The first-order chi connectivity index (χ1) is 10.8. The lowest BCUT2D eigenvalue weighted by molar-refractivity contribution is -0.123. The largest absolute Gasteiger partial charge is 0.356 e. The van der Waals surface area contributed by atoms with Crippen molar-refractivity contribution in [2.24, 2.45) is 5.92 Å². The second kappa shape index (κ2) is 7.12. The van der Waals surface area contributed by atoms with Crippen molar-refractivity contribution >= 4 is 21.8 Å². The topological polar surface area (TPSA) is 92.3 Å². The van der Waals surface area contributed by atoms with Crippen molar-refractivity contribution in [3.8, 4) is 0 Å². The number of sulfonamides is 1. The molecule has 7 heteroatoms. The summed E-state index contributed by atoms with van der Waals surface area (Å²) in [5, 5.41) is 2.74. The molecule has 1 saturated carbocycles. The predicted octanol–water partition coefficient (Wildman–Crippen LogP) is 1.41. The summed E-state index contributed by atoms with van der Waals surface area (Å²) in [6.45, 7) is 3.86. The van der Waals surface area contributed by atoms with Crippen molar-refractivity contribution in [1.29, 1.82) is 0 Å². The first-order valence-corrected chi connectivity index (χ1v) is 9.18. The summed E-state index contributed by atoms with van der Waals surface area (Å²) in [7, 11) is -3.86. The van der Waals surface area contributed by atoms with Gasteiger partial charge in [-0.15, -0.1) is 0 Å². The maximum atomic E-state index is 12.3. The highest BCUT2D eigenvalue weighted by atomic mass is 32.2. The van der Waals surface area contributed by atoms with E-state index >= 15 is 0 Å². The minimum absolute atomic E-state index is 0.0217. The Labute approximate surface area is 136 Å². The SMILES string of the molecule is Cc1ccc(C)c(S(=O)(=O)NC(=O)CCCNC(=O)C2CC2)c1. The third-order valence-corrected chi connectivity index (χ3v) is 5.22. The molecule has 2 amide bonds. The van der Waals surface area contributed by atoms with Crippen molar-refractivity contribution in [3.05, 3.63) is 29.3 Å². The fourth-order valence-electron chi connectivity index (χ4n) is 2.20. The van der Waals surface area contributed by atoms with E-state index in [1.807, 2.05) is 6.07 Å². The first kappa shape index (κ1) is 17.5. The van der Waals surface area contributed by atoms with Crippen LogP contribution in [0.15, 0.2) is 23.1 Å². The molecule has 1 fully saturated rings. The van der Waals surface area contributed by atoms with Crippen LogP contribution < -0.4 is 10.0 Å². The predicted molar refractivity (Wildman–Crippen MR) is 86.2 cm³/mol. The number of nitrogens with one attached hydrogen (secondary N) is 2. The van der Waals surface area contributed by atoms with E-state index < -0.39 is 15.9 Å². The molecule has 1 aliphatic rings. The molecule has 1 aliphatic carbocycles. The van der Waals surface area contributed by atoms with Crippen LogP contribution >= 0.6 is 0 Å². The summed E-state index contributed by atoms with van der Waals surface area (Å²) >= 11 is 0. The van der Waals surface area contributed by atoms with Gasteiger partial charge < -0.3 is 5.32 Å². The molecule has 23 heavy (non-hydrogen) atoms. The molecule has 1 aromatic carbocycles. The van der Waals surface area contributed by atoms with Crippen molar-refractivity contribution in [2.75, 3.05) is 6.54 Å². The highest BCUT2D eigenvalue weighted by Crippen LogP contribution is 2.28. The van der Waals surface area contributed by atoms with Crippen molar-refractivity contribution in [1.82, 2.24) is 10.0 Å². The average molecular weight is 338 g/mol. The molecule has 0 saturated heterocycles. The van der Waals surface area contributed by atoms with E-state index in [2.05, 4.69) is 10.0 Å². The molecule has 0 atom stereocenters. The monoisotopic (exact) mass is 338 g/mol. The molecule has 6 nitrogen and oxygen atoms in total. The Balaban J connectivity index is 1.83. The second-order valence-electron chi connectivity index (χ2n) is 5.97. The van der Waals surface area contributed by atoms with Gasteiger partial charge in [-0.05, 0) is 50.3 Å². The van der Waals surface area contributed by atoms with Gasteiger partial charge >= 0.3 is 0 Å². The molecule has 0 aromatic heterocycles. The third kappa shape index (κ3) is 5.06. The van der Waals surface area contributed by atoms with Crippen LogP contribution in [0, 0.1) is 19.8 Å². The number of hydrogen-bond donors (Lipinski definition) is 2. The Morgan fingerprint density at radius 2 is 1.91 bits per heavy atom. The quantitative estimate of drug-likeness (QED) is 0.735. The molecule has 126 valence electrons. The Kier molecular flexibility index (Phi) is 5.41. The normalized spacial score (nSPS) is 14.3. The van der Waals surface area contributed by atoms with E-state index in [1.54, 1.807) is 26.0 Å². The van der Waals surface area contributed by atoms with Gasteiger partial charge in [0, 0.05) is 18.9 Å². The number of hydrogen-bond acceptors (Lipinski definition) is 4. The van der Waals surface area contributed by atoms with Crippen LogP contribution in [-0.2, 0) is 19.6 Å². The minimum atomic E-state index is -3.86. The summed E-state index contributed by atoms with van der Waals surface area (Å²) in [6, 6.07) is 5.07. The summed E-state index contributed by atoms with van der Waals surface area (Å²) in [6.07, 6.45) is 2.32. The lowest BCUT2D eigenvalue weighted by Crippen LogP contribution is -2.32. The van der Waals surface area contributed by atoms with Gasteiger partial charge in [-0.25, -0.2) is 13.1 Å². The van der Waals surface area contributed by atoms with Crippen LogP contribution in [0.2, 0.25) is 0 Å². The molecular formula is C16H22N2O4S. The highest BCUT2D eigenvalue weighted by molar-refractivity contribution is 7.90. The van der Waals surface area contributed by atoms with Gasteiger partial charge in [0.15, 0.2) is 0 Å². The molecule has 0 aliphatic heterocycles. The molecular weight excluding hydrogens is 316 g/mol. The van der Waals surface area contributed by atoms with Crippen LogP contribution in [0.1, 0.15) is 36.8 Å². The number of carbonyl (C=O) groups excluding carboxylic acids is 2. The number of rotatable bonds is 7. The summed E-state index contributed by atoms with van der Waals surface area (Å²) in [4.78, 5) is 23.4. The molecule has 0 radical (unpaired) electrons. The lowest BCUT2D eigenvalue weighted by Gasteiger charge is -2.10. The molecule has 2 N–H and O–H groups in total. The summed E-state index contributed by atoms with van der Waals surface area (Å²) < 4.78 is 26.6. The third-order valence-electron chi connectivity index (χ3n) is 3.71. The minimum Gasteiger partial charge on any atom is -0.356 e. The van der Waals surface area contributed by atoms with Crippen LogP contribution in [0.25, 0.3) is 0 Å². The van der Waals surface area contributed by atoms with Crippen LogP contribution in [-0.4, -0.2) is 26.8 Å². The molecule has 0 spiro atoms. The van der Waals surface area contributed by atoms with Crippen molar-refractivity contribution in [2.45, 2.75) is 44.4 Å². The Bertz CT molecular complexity index is 709. The number of aryl methyl sites for hydroxylation is 2. The van der Waals surface area contributed by atoms with E-state index in [4.69, 9.17) is 0 Å². The summed E-state index contributed by atoms with van der Waals surface area (Å²) in [5.74, 6) is -0.409. The first-order valence-electron chi connectivity index (χ1n) is 7.70. The second-order valence-corrected chi connectivity index (χ2v) is 7.62. The maximum absolute atomic E-state index is 12.3. The zero-order chi connectivity index (χ0) is 17.0. The van der Waals surface area contributed by atoms with Gasteiger partial charge in [-0.2, -0.15) is 0 Å². The Morgan fingerprint density at radius 1 is 1.22 bits per heavy atom. The van der Waals surface area contributed by atoms with Gasteiger partial charge in [-0.1, -0.05) is 12.1 Å². The smallest absolute Gasteiger partial charge is 0.264 e.